The molecule has 19 heavy (non-hydrogen) atoms. The Bertz CT molecular complexity index is 629. The standard InChI is InChI=1S/C14H15N3OS/c18-14(10-4-7-19-9-10)16-5-6-17-13(8-16)11-2-1-3-12(11)15-17/h4,7,9H,1-3,5-6,8H2. The first-order chi connectivity index (χ1) is 9.33. The van der Waals surface area contributed by atoms with Crippen molar-refractivity contribution in [1.82, 2.24) is 14.7 Å². The summed E-state index contributed by atoms with van der Waals surface area (Å²) in [7, 11) is 0. The van der Waals surface area contributed by atoms with Gasteiger partial charge in [-0.3, -0.25) is 9.48 Å². The highest BCUT2D eigenvalue weighted by molar-refractivity contribution is 7.08. The minimum Gasteiger partial charge on any atom is -0.331 e. The monoisotopic (exact) mass is 273 g/mol. The van der Waals surface area contributed by atoms with Gasteiger partial charge in [-0.2, -0.15) is 16.4 Å². The molecular weight excluding hydrogens is 258 g/mol. The Kier molecular flexibility index (Phi) is 2.48. The lowest BCUT2D eigenvalue weighted by atomic mass is 10.1. The minimum absolute atomic E-state index is 0.153. The molecule has 0 aromatic carbocycles. The number of fused-ring (bicyclic) bond motifs is 3. The van der Waals surface area contributed by atoms with E-state index in [0.29, 0.717) is 0 Å². The number of nitrogens with zero attached hydrogens (tertiary/aromatic N) is 3. The maximum absolute atomic E-state index is 12.4. The summed E-state index contributed by atoms with van der Waals surface area (Å²) in [5.41, 5.74) is 4.75. The molecule has 0 bridgehead atoms. The fourth-order valence-electron chi connectivity index (χ4n) is 3.09. The van der Waals surface area contributed by atoms with Gasteiger partial charge in [0.05, 0.1) is 30.0 Å². The average Bonchev–Trinajstić information content (AvgIpc) is 3.14. The van der Waals surface area contributed by atoms with Gasteiger partial charge in [-0.05, 0) is 36.3 Å². The van der Waals surface area contributed by atoms with Gasteiger partial charge >= 0.3 is 0 Å². The Morgan fingerprint density at radius 2 is 2.26 bits per heavy atom. The number of thiophene rings is 1. The minimum atomic E-state index is 0.153. The van der Waals surface area contributed by atoms with Crippen LogP contribution in [0.1, 0.15) is 33.7 Å². The Morgan fingerprint density at radius 3 is 3.11 bits per heavy atom. The van der Waals surface area contributed by atoms with Crippen LogP contribution in [0, 0.1) is 0 Å². The van der Waals surface area contributed by atoms with Gasteiger partial charge in [-0.25, -0.2) is 0 Å². The molecule has 1 aliphatic carbocycles. The molecule has 1 aliphatic heterocycles. The molecule has 0 saturated heterocycles. The number of hydrogen-bond acceptors (Lipinski definition) is 3. The van der Waals surface area contributed by atoms with E-state index in [1.54, 1.807) is 11.3 Å². The van der Waals surface area contributed by atoms with Crippen LogP contribution in [0.15, 0.2) is 16.8 Å². The molecule has 2 aromatic heterocycles. The predicted octanol–water partition coefficient (Wildman–Crippen LogP) is 2.09. The van der Waals surface area contributed by atoms with Crippen LogP contribution in [0.25, 0.3) is 0 Å². The lowest BCUT2D eigenvalue weighted by molar-refractivity contribution is 0.0706. The topological polar surface area (TPSA) is 38.1 Å². The van der Waals surface area contributed by atoms with Crippen LogP contribution in [0.4, 0.5) is 0 Å². The Hall–Kier alpha value is -1.62. The van der Waals surface area contributed by atoms with Crippen LogP contribution >= 0.6 is 11.3 Å². The Morgan fingerprint density at radius 1 is 1.32 bits per heavy atom. The normalized spacial score (nSPS) is 17.4. The van der Waals surface area contributed by atoms with Gasteiger partial charge in [-0.15, -0.1) is 0 Å². The molecular formula is C14H15N3OS. The van der Waals surface area contributed by atoms with Gasteiger partial charge in [0.1, 0.15) is 0 Å². The van der Waals surface area contributed by atoms with Crippen LogP contribution < -0.4 is 0 Å². The van der Waals surface area contributed by atoms with Gasteiger partial charge in [0.15, 0.2) is 0 Å². The zero-order valence-corrected chi connectivity index (χ0v) is 11.4. The smallest absolute Gasteiger partial charge is 0.255 e. The fraction of sp³-hybridized carbons (Fsp3) is 0.429. The average molecular weight is 273 g/mol. The van der Waals surface area contributed by atoms with Gasteiger partial charge in [0.25, 0.3) is 5.91 Å². The second-order valence-electron chi connectivity index (χ2n) is 5.19. The van der Waals surface area contributed by atoms with Crippen molar-refractivity contribution in [3.05, 3.63) is 39.3 Å². The summed E-state index contributed by atoms with van der Waals surface area (Å²) in [6.07, 6.45) is 3.45. The predicted molar refractivity (Wildman–Crippen MR) is 73.3 cm³/mol. The number of aromatic nitrogens is 2. The highest BCUT2D eigenvalue weighted by atomic mass is 32.1. The molecule has 0 saturated carbocycles. The summed E-state index contributed by atoms with van der Waals surface area (Å²) >= 11 is 1.57. The summed E-state index contributed by atoms with van der Waals surface area (Å²) in [6, 6.07) is 1.91. The molecule has 0 radical (unpaired) electrons. The maximum Gasteiger partial charge on any atom is 0.255 e. The number of rotatable bonds is 1. The van der Waals surface area contributed by atoms with Gasteiger partial charge < -0.3 is 4.90 Å². The van der Waals surface area contributed by atoms with Crippen molar-refractivity contribution >= 4 is 17.2 Å². The van der Waals surface area contributed by atoms with Crippen LogP contribution in [0.5, 0.6) is 0 Å². The molecule has 2 aliphatic rings. The highest BCUT2D eigenvalue weighted by Gasteiger charge is 2.28. The van der Waals surface area contributed by atoms with Crippen molar-refractivity contribution < 1.29 is 4.79 Å². The van der Waals surface area contributed by atoms with Crippen LogP contribution in [0.3, 0.4) is 0 Å². The van der Waals surface area contributed by atoms with E-state index in [1.165, 1.54) is 23.4 Å². The number of carbonyl (C=O) groups is 1. The summed E-state index contributed by atoms with van der Waals surface area (Å²) in [4.78, 5) is 14.4. The van der Waals surface area contributed by atoms with Crippen LogP contribution in [0.2, 0.25) is 0 Å². The van der Waals surface area contributed by atoms with Crippen LogP contribution in [-0.4, -0.2) is 27.1 Å². The fourth-order valence-corrected chi connectivity index (χ4v) is 3.72. The second kappa shape index (κ2) is 4.20. The Balaban J connectivity index is 1.63. The molecule has 0 atom stereocenters. The second-order valence-corrected chi connectivity index (χ2v) is 5.97. The van der Waals surface area contributed by atoms with Crippen LogP contribution in [-0.2, 0) is 25.9 Å². The summed E-state index contributed by atoms with van der Waals surface area (Å²) in [5, 5.41) is 8.56. The van der Waals surface area contributed by atoms with Crippen molar-refractivity contribution in [2.75, 3.05) is 6.54 Å². The summed E-state index contributed by atoms with van der Waals surface area (Å²) in [5.74, 6) is 0.153. The molecule has 4 nitrogen and oxygen atoms in total. The quantitative estimate of drug-likeness (QED) is 0.798. The number of aryl methyl sites for hydroxylation is 1. The van der Waals surface area contributed by atoms with E-state index in [9.17, 15) is 4.79 Å². The largest absolute Gasteiger partial charge is 0.331 e. The van der Waals surface area contributed by atoms with Crippen molar-refractivity contribution in [3.8, 4) is 0 Å². The highest BCUT2D eigenvalue weighted by Crippen LogP contribution is 2.28. The SMILES string of the molecule is O=C(c1ccsc1)N1CCn2nc3c(c2C1)CCC3. The molecule has 0 fully saturated rings. The molecule has 1 amide bonds. The zero-order chi connectivity index (χ0) is 12.8. The van der Waals surface area contributed by atoms with E-state index >= 15 is 0 Å². The summed E-state index contributed by atoms with van der Waals surface area (Å²) in [6.45, 7) is 2.32. The first-order valence-corrected chi connectivity index (χ1v) is 7.66. The molecule has 4 rings (SSSR count). The number of amides is 1. The van der Waals surface area contributed by atoms with Gasteiger partial charge in [0, 0.05) is 11.9 Å². The van der Waals surface area contributed by atoms with Crippen molar-refractivity contribution in [2.24, 2.45) is 0 Å². The number of hydrogen-bond donors (Lipinski definition) is 0. The van der Waals surface area contributed by atoms with E-state index in [-0.39, 0.29) is 5.91 Å². The summed E-state index contributed by atoms with van der Waals surface area (Å²) < 4.78 is 2.11. The number of carbonyl (C=O) groups excluding carboxylic acids is 1. The Labute approximate surface area is 115 Å². The molecule has 0 spiro atoms. The third kappa shape index (κ3) is 1.72. The van der Waals surface area contributed by atoms with Crippen molar-refractivity contribution in [1.29, 1.82) is 0 Å². The van der Waals surface area contributed by atoms with Gasteiger partial charge in [0.2, 0.25) is 0 Å². The molecule has 98 valence electrons. The molecule has 2 aromatic rings. The third-order valence-corrected chi connectivity index (χ3v) is 4.75. The lowest BCUT2D eigenvalue weighted by Gasteiger charge is -2.28. The first-order valence-electron chi connectivity index (χ1n) is 6.72. The molecule has 0 unspecified atom stereocenters. The van der Waals surface area contributed by atoms with Gasteiger partial charge in [-0.1, -0.05) is 0 Å². The third-order valence-electron chi connectivity index (χ3n) is 4.07. The van der Waals surface area contributed by atoms with E-state index in [2.05, 4.69) is 9.78 Å². The molecule has 0 N–H and O–H groups in total. The van der Waals surface area contributed by atoms with E-state index < -0.39 is 0 Å². The van der Waals surface area contributed by atoms with E-state index in [1.807, 2.05) is 21.7 Å². The van der Waals surface area contributed by atoms with Crippen molar-refractivity contribution in [3.63, 3.8) is 0 Å². The zero-order valence-electron chi connectivity index (χ0n) is 10.6. The lowest BCUT2D eigenvalue weighted by Crippen LogP contribution is -2.38. The van der Waals surface area contributed by atoms with E-state index in [4.69, 9.17) is 0 Å². The van der Waals surface area contributed by atoms with Crippen molar-refractivity contribution in [2.45, 2.75) is 32.4 Å². The maximum atomic E-state index is 12.4. The van der Waals surface area contributed by atoms with E-state index in [0.717, 1.165) is 38.0 Å². The molecule has 3 heterocycles. The first kappa shape index (κ1) is 11.2. The molecule has 5 heteroatoms.